The molecule has 0 spiro atoms. The normalized spacial score (nSPS) is 34.0. The van der Waals surface area contributed by atoms with E-state index in [1.54, 1.807) is 0 Å². The molecule has 2 nitrogen and oxygen atoms in total. The monoisotopic (exact) mass is 282 g/mol. The molecule has 0 saturated heterocycles. The van der Waals surface area contributed by atoms with Gasteiger partial charge < -0.3 is 4.74 Å². The van der Waals surface area contributed by atoms with Gasteiger partial charge in [0.05, 0.1) is 5.56 Å². The number of rotatable bonds is 3. The van der Waals surface area contributed by atoms with Crippen LogP contribution in [0.4, 0.5) is 0 Å². The van der Waals surface area contributed by atoms with Crippen LogP contribution in [0, 0.1) is 11.8 Å². The van der Waals surface area contributed by atoms with Crippen LogP contribution in [-0.2, 0) is 4.74 Å². The summed E-state index contributed by atoms with van der Waals surface area (Å²) in [6, 6.07) is 9.44. The lowest BCUT2D eigenvalue weighted by molar-refractivity contribution is 0.0239. The van der Waals surface area contributed by atoms with Gasteiger partial charge in [-0.15, -0.1) is 0 Å². The Morgan fingerprint density at radius 1 is 1.05 bits per heavy atom. The van der Waals surface area contributed by atoms with Gasteiger partial charge >= 0.3 is 5.97 Å². The predicted octanol–water partition coefficient (Wildman–Crippen LogP) is 4.51. The van der Waals surface area contributed by atoms with Gasteiger partial charge in [0.1, 0.15) is 5.60 Å². The van der Waals surface area contributed by atoms with E-state index in [1.165, 1.54) is 37.7 Å². The minimum Gasteiger partial charge on any atom is -0.450 e. The highest BCUT2D eigenvalue weighted by Crippen LogP contribution is 2.65. The van der Waals surface area contributed by atoms with Crippen LogP contribution in [0.5, 0.6) is 0 Å². The van der Waals surface area contributed by atoms with Crippen molar-refractivity contribution >= 4 is 5.97 Å². The van der Waals surface area contributed by atoms with Crippen molar-refractivity contribution in [2.24, 2.45) is 11.8 Å². The van der Waals surface area contributed by atoms with Crippen molar-refractivity contribution < 1.29 is 9.53 Å². The SMILES string of the molecule is O=C(OC1(C2=CCCC2)[C@@H]2CCCC[C@@H]21)c1ccccc1. The maximum Gasteiger partial charge on any atom is 0.339 e. The summed E-state index contributed by atoms with van der Waals surface area (Å²) in [6.45, 7) is 0. The van der Waals surface area contributed by atoms with Crippen LogP contribution < -0.4 is 0 Å². The Labute approximate surface area is 126 Å². The third kappa shape index (κ3) is 2.04. The molecule has 0 amide bonds. The van der Waals surface area contributed by atoms with Crippen LogP contribution in [0.1, 0.15) is 55.3 Å². The van der Waals surface area contributed by atoms with E-state index in [0.29, 0.717) is 17.4 Å². The van der Waals surface area contributed by atoms with Crippen LogP contribution in [0.25, 0.3) is 0 Å². The van der Waals surface area contributed by atoms with Crippen LogP contribution in [0.2, 0.25) is 0 Å². The average Bonchev–Trinajstić information content (AvgIpc) is 2.90. The van der Waals surface area contributed by atoms with E-state index >= 15 is 0 Å². The number of fused-ring (bicyclic) bond motifs is 1. The quantitative estimate of drug-likeness (QED) is 0.602. The Morgan fingerprint density at radius 3 is 2.38 bits per heavy atom. The fourth-order valence-corrected chi connectivity index (χ4v) is 4.57. The topological polar surface area (TPSA) is 26.3 Å². The highest BCUT2D eigenvalue weighted by molar-refractivity contribution is 5.90. The highest BCUT2D eigenvalue weighted by Gasteiger charge is 2.69. The third-order valence-corrected chi connectivity index (χ3v) is 5.57. The van der Waals surface area contributed by atoms with E-state index in [2.05, 4.69) is 6.08 Å². The van der Waals surface area contributed by atoms with Crippen molar-refractivity contribution in [3.05, 3.63) is 47.5 Å². The van der Waals surface area contributed by atoms with Crippen molar-refractivity contribution in [2.45, 2.75) is 50.5 Å². The molecule has 1 unspecified atom stereocenters. The van der Waals surface area contributed by atoms with Crippen molar-refractivity contribution in [1.29, 1.82) is 0 Å². The lowest BCUT2D eigenvalue weighted by Crippen LogP contribution is -2.25. The van der Waals surface area contributed by atoms with Gasteiger partial charge in [-0.25, -0.2) is 4.79 Å². The molecule has 110 valence electrons. The molecule has 0 aliphatic heterocycles. The molecule has 3 atom stereocenters. The summed E-state index contributed by atoms with van der Waals surface area (Å²) in [5, 5.41) is 0. The summed E-state index contributed by atoms with van der Waals surface area (Å²) in [6.07, 6.45) is 10.9. The van der Waals surface area contributed by atoms with Gasteiger partial charge in [-0.1, -0.05) is 37.1 Å². The number of benzene rings is 1. The standard InChI is InChI=1S/C19H22O2/c20-18(14-8-2-1-3-9-14)21-19(15-10-4-5-11-15)16-12-6-7-13-17(16)19/h1-3,8-10,16-17H,4-7,11-13H2/t16-,17+,19?. The van der Waals surface area contributed by atoms with Crippen molar-refractivity contribution in [2.75, 3.05) is 0 Å². The Kier molecular flexibility index (Phi) is 3.13. The van der Waals surface area contributed by atoms with Crippen LogP contribution in [0.15, 0.2) is 42.0 Å². The summed E-state index contributed by atoms with van der Waals surface area (Å²) in [4.78, 5) is 12.6. The molecule has 0 heterocycles. The molecule has 2 heteroatoms. The highest BCUT2D eigenvalue weighted by atomic mass is 16.6. The van der Waals surface area contributed by atoms with Gasteiger partial charge in [0.25, 0.3) is 0 Å². The lowest BCUT2D eigenvalue weighted by atomic mass is 10.0. The number of esters is 1. The smallest absolute Gasteiger partial charge is 0.339 e. The van der Waals surface area contributed by atoms with E-state index in [1.807, 2.05) is 30.3 Å². The number of carbonyl (C=O) groups is 1. The largest absolute Gasteiger partial charge is 0.450 e. The fraction of sp³-hybridized carbons (Fsp3) is 0.526. The molecular formula is C19H22O2. The Balaban J connectivity index is 1.61. The first-order valence-corrected chi connectivity index (χ1v) is 8.30. The molecule has 0 N–H and O–H groups in total. The first-order chi connectivity index (χ1) is 10.3. The summed E-state index contributed by atoms with van der Waals surface area (Å²) in [7, 11) is 0. The Bertz CT molecular complexity index is 560. The molecule has 2 saturated carbocycles. The second kappa shape index (κ2) is 5.01. The first-order valence-electron chi connectivity index (χ1n) is 8.30. The number of hydrogen-bond donors (Lipinski definition) is 0. The fourth-order valence-electron chi connectivity index (χ4n) is 4.57. The molecule has 1 aromatic rings. The molecule has 0 bridgehead atoms. The van der Waals surface area contributed by atoms with Crippen LogP contribution >= 0.6 is 0 Å². The van der Waals surface area contributed by atoms with E-state index < -0.39 is 0 Å². The number of allylic oxidation sites excluding steroid dienone is 1. The number of hydrogen-bond acceptors (Lipinski definition) is 2. The summed E-state index contributed by atoms with van der Waals surface area (Å²) in [5.41, 5.74) is 1.86. The first kappa shape index (κ1) is 13.1. The van der Waals surface area contributed by atoms with Crippen LogP contribution in [-0.4, -0.2) is 11.6 Å². The molecule has 3 aliphatic rings. The molecule has 1 aromatic carbocycles. The van der Waals surface area contributed by atoms with Gasteiger partial charge in [-0.05, 0) is 49.8 Å². The molecule has 4 rings (SSSR count). The number of carbonyl (C=O) groups excluding carboxylic acids is 1. The molecule has 2 fully saturated rings. The molecular weight excluding hydrogens is 260 g/mol. The van der Waals surface area contributed by atoms with Crippen LogP contribution in [0.3, 0.4) is 0 Å². The van der Waals surface area contributed by atoms with E-state index in [4.69, 9.17) is 4.74 Å². The van der Waals surface area contributed by atoms with Gasteiger partial charge in [0.15, 0.2) is 0 Å². The van der Waals surface area contributed by atoms with Gasteiger partial charge in [0.2, 0.25) is 0 Å². The number of ether oxygens (including phenoxy) is 1. The molecule has 0 aromatic heterocycles. The second-order valence-electron chi connectivity index (χ2n) is 6.67. The summed E-state index contributed by atoms with van der Waals surface area (Å²) in [5.74, 6) is 1.03. The predicted molar refractivity (Wildman–Crippen MR) is 82.0 cm³/mol. The minimum atomic E-state index is -0.236. The minimum absolute atomic E-state index is 0.141. The summed E-state index contributed by atoms with van der Waals surface area (Å²) < 4.78 is 6.16. The van der Waals surface area contributed by atoms with Gasteiger partial charge in [0, 0.05) is 11.8 Å². The van der Waals surface area contributed by atoms with Gasteiger partial charge in [-0.2, -0.15) is 0 Å². The Hall–Kier alpha value is -1.57. The molecule has 3 aliphatic carbocycles. The average molecular weight is 282 g/mol. The lowest BCUT2D eigenvalue weighted by Gasteiger charge is -2.21. The van der Waals surface area contributed by atoms with Crippen molar-refractivity contribution in [3.63, 3.8) is 0 Å². The zero-order valence-electron chi connectivity index (χ0n) is 12.4. The molecule has 21 heavy (non-hydrogen) atoms. The third-order valence-electron chi connectivity index (χ3n) is 5.57. The maximum atomic E-state index is 12.6. The van der Waals surface area contributed by atoms with E-state index in [0.717, 1.165) is 12.8 Å². The molecule has 0 radical (unpaired) electrons. The van der Waals surface area contributed by atoms with Crippen molar-refractivity contribution in [1.82, 2.24) is 0 Å². The van der Waals surface area contributed by atoms with Gasteiger partial charge in [-0.3, -0.25) is 0 Å². The zero-order valence-corrected chi connectivity index (χ0v) is 12.4. The maximum absolute atomic E-state index is 12.6. The second-order valence-corrected chi connectivity index (χ2v) is 6.67. The summed E-state index contributed by atoms with van der Waals surface area (Å²) >= 11 is 0. The Morgan fingerprint density at radius 2 is 1.76 bits per heavy atom. The van der Waals surface area contributed by atoms with E-state index in [9.17, 15) is 4.79 Å². The van der Waals surface area contributed by atoms with Crippen molar-refractivity contribution in [3.8, 4) is 0 Å². The van der Waals surface area contributed by atoms with E-state index in [-0.39, 0.29) is 11.6 Å². The zero-order chi connectivity index (χ0) is 14.3.